The van der Waals surface area contributed by atoms with Gasteiger partial charge in [0.15, 0.2) is 0 Å². The number of carbonyl (C=O) groups excluding carboxylic acids is 1. The number of nitrogens with zero attached hydrogens (tertiary/aromatic N) is 2. The van der Waals surface area contributed by atoms with Crippen LogP contribution in [0.3, 0.4) is 0 Å². The number of amides is 1. The summed E-state index contributed by atoms with van der Waals surface area (Å²) >= 11 is 0. The maximum Gasteiger partial charge on any atom is 0.282 e. The average molecular weight is 306 g/mol. The first-order valence-electron chi connectivity index (χ1n) is 7.37. The first-order chi connectivity index (χ1) is 9.82. The fourth-order valence-electron chi connectivity index (χ4n) is 3.04. The molecule has 0 bridgehead atoms. The average Bonchev–Trinajstić information content (AvgIpc) is 2.45. The minimum atomic E-state index is -1.52. The molecule has 0 radical (unpaired) electrons. The predicted octanol–water partition coefficient (Wildman–Crippen LogP) is 3.47. The number of benzene rings is 1. The van der Waals surface area contributed by atoms with Crippen LogP contribution in [0.25, 0.3) is 0 Å². The van der Waals surface area contributed by atoms with E-state index in [1.54, 1.807) is 18.2 Å². The van der Waals surface area contributed by atoms with E-state index < -0.39 is 13.0 Å². The van der Waals surface area contributed by atoms with Crippen molar-refractivity contribution < 1.29 is 9.72 Å². The van der Waals surface area contributed by atoms with Crippen LogP contribution in [0.15, 0.2) is 24.3 Å². The van der Waals surface area contributed by atoms with Gasteiger partial charge < -0.3 is 4.90 Å². The second-order valence-electron chi connectivity index (χ2n) is 6.65. The van der Waals surface area contributed by atoms with Gasteiger partial charge in [-0.15, -0.1) is 0 Å². The van der Waals surface area contributed by atoms with E-state index in [2.05, 4.69) is 19.6 Å². The SMILES string of the molecule is C[Si](C)(C)C1CCCCN1C(=O)c1ccccc1[N+](=O)[O-]. The summed E-state index contributed by atoms with van der Waals surface area (Å²) in [4.78, 5) is 25.4. The van der Waals surface area contributed by atoms with E-state index in [1.165, 1.54) is 6.07 Å². The molecule has 0 N–H and O–H groups in total. The number of nitro groups is 1. The van der Waals surface area contributed by atoms with Gasteiger partial charge in [0.2, 0.25) is 0 Å². The Labute approximate surface area is 126 Å². The van der Waals surface area contributed by atoms with Crippen molar-refractivity contribution in [3.8, 4) is 0 Å². The van der Waals surface area contributed by atoms with E-state index in [0.717, 1.165) is 19.3 Å². The summed E-state index contributed by atoms with van der Waals surface area (Å²) in [5, 5.41) is 11.1. The molecule has 1 saturated heterocycles. The highest BCUT2D eigenvalue weighted by molar-refractivity contribution is 6.77. The Morgan fingerprint density at radius 1 is 1.29 bits per heavy atom. The Morgan fingerprint density at radius 3 is 2.57 bits per heavy atom. The van der Waals surface area contributed by atoms with Crippen LogP contribution in [0.5, 0.6) is 0 Å². The first-order valence-corrected chi connectivity index (χ1v) is 10.9. The van der Waals surface area contributed by atoms with Gasteiger partial charge in [0, 0.05) is 18.3 Å². The number of para-hydroxylation sites is 1. The summed E-state index contributed by atoms with van der Waals surface area (Å²) in [7, 11) is -1.52. The van der Waals surface area contributed by atoms with Gasteiger partial charge in [-0.05, 0) is 25.3 Å². The lowest BCUT2D eigenvalue weighted by molar-refractivity contribution is -0.385. The van der Waals surface area contributed by atoms with Crippen LogP contribution in [0, 0.1) is 10.1 Å². The molecule has 5 nitrogen and oxygen atoms in total. The zero-order valence-corrected chi connectivity index (χ0v) is 13.8. The summed E-state index contributed by atoms with van der Waals surface area (Å²) in [6, 6.07) is 6.26. The monoisotopic (exact) mass is 306 g/mol. The third-order valence-corrected chi connectivity index (χ3v) is 6.69. The van der Waals surface area contributed by atoms with Crippen molar-refractivity contribution >= 4 is 19.7 Å². The smallest absolute Gasteiger partial charge is 0.282 e. The molecule has 0 saturated carbocycles. The van der Waals surface area contributed by atoms with Gasteiger partial charge in [0.05, 0.1) is 13.0 Å². The Bertz CT molecular complexity index is 554. The molecule has 1 fully saturated rings. The summed E-state index contributed by atoms with van der Waals surface area (Å²) in [6.07, 6.45) is 3.13. The largest absolute Gasteiger partial charge is 0.338 e. The lowest BCUT2D eigenvalue weighted by Gasteiger charge is -2.42. The van der Waals surface area contributed by atoms with Crippen LogP contribution in [0.1, 0.15) is 29.6 Å². The van der Waals surface area contributed by atoms with Gasteiger partial charge in [-0.2, -0.15) is 0 Å². The summed E-state index contributed by atoms with van der Waals surface area (Å²) in [5.41, 5.74) is 0.383. The molecule has 1 aromatic rings. The van der Waals surface area contributed by atoms with Gasteiger partial charge in [-0.3, -0.25) is 14.9 Å². The standard InChI is InChI=1S/C15H22N2O3Si/c1-21(2,3)14-10-6-7-11-16(14)15(18)12-8-4-5-9-13(12)17(19)20/h4-5,8-9,14H,6-7,10-11H2,1-3H3. The molecule has 1 atom stereocenters. The highest BCUT2D eigenvalue weighted by atomic mass is 28.3. The maximum absolute atomic E-state index is 12.8. The number of hydrogen-bond acceptors (Lipinski definition) is 3. The fraction of sp³-hybridized carbons (Fsp3) is 0.533. The Hall–Kier alpha value is -1.69. The summed E-state index contributed by atoms with van der Waals surface area (Å²) < 4.78 is 0. The van der Waals surface area contributed by atoms with E-state index in [9.17, 15) is 14.9 Å². The minimum absolute atomic E-state index is 0.0950. The Balaban J connectivity index is 2.36. The van der Waals surface area contributed by atoms with Crippen LogP contribution in [-0.2, 0) is 0 Å². The van der Waals surface area contributed by atoms with Crippen molar-refractivity contribution in [2.45, 2.75) is 44.6 Å². The van der Waals surface area contributed by atoms with Gasteiger partial charge in [-0.1, -0.05) is 31.8 Å². The van der Waals surface area contributed by atoms with Crippen molar-refractivity contribution in [1.82, 2.24) is 4.90 Å². The normalized spacial score (nSPS) is 19.4. The molecule has 1 aliphatic heterocycles. The lowest BCUT2D eigenvalue weighted by Crippen LogP contribution is -2.55. The van der Waals surface area contributed by atoms with Crippen molar-refractivity contribution in [3.05, 3.63) is 39.9 Å². The second kappa shape index (κ2) is 5.97. The van der Waals surface area contributed by atoms with E-state index in [1.807, 2.05) is 4.90 Å². The topological polar surface area (TPSA) is 63.5 Å². The molecule has 0 aromatic heterocycles. The number of rotatable bonds is 3. The van der Waals surface area contributed by atoms with Crippen LogP contribution in [0.2, 0.25) is 19.6 Å². The van der Waals surface area contributed by atoms with Crippen LogP contribution in [0.4, 0.5) is 5.69 Å². The summed E-state index contributed by atoms with van der Waals surface area (Å²) in [6.45, 7) is 7.47. The first kappa shape index (κ1) is 15.7. The van der Waals surface area contributed by atoms with Crippen molar-refractivity contribution in [3.63, 3.8) is 0 Å². The van der Waals surface area contributed by atoms with Gasteiger partial charge in [-0.25, -0.2) is 0 Å². The molecule has 1 aromatic carbocycles. The minimum Gasteiger partial charge on any atom is -0.338 e. The molecule has 1 amide bonds. The number of carbonyl (C=O) groups is 1. The van der Waals surface area contributed by atoms with Crippen molar-refractivity contribution in [2.24, 2.45) is 0 Å². The Kier molecular flexibility index (Phi) is 4.46. The molecule has 1 unspecified atom stereocenters. The van der Waals surface area contributed by atoms with Gasteiger partial charge in [0.25, 0.3) is 11.6 Å². The highest BCUT2D eigenvalue weighted by Crippen LogP contribution is 2.29. The third kappa shape index (κ3) is 3.32. The van der Waals surface area contributed by atoms with E-state index >= 15 is 0 Å². The molecule has 1 aliphatic rings. The summed E-state index contributed by atoms with van der Waals surface area (Å²) in [5.74, 6) is -0.186. The highest BCUT2D eigenvalue weighted by Gasteiger charge is 2.38. The molecule has 6 heteroatoms. The van der Waals surface area contributed by atoms with Crippen molar-refractivity contribution in [2.75, 3.05) is 6.54 Å². The third-order valence-electron chi connectivity index (χ3n) is 4.09. The van der Waals surface area contributed by atoms with Crippen molar-refractivity contribution in [1.29, 1.82) is 0 Å². The number of piperidine rings is 1. The molecule has 0 spiro atoms. The zero-order chi connectivity index (χ0) is 15.6. The zero-order valence-electron chi connectivity index (χ0n) is 12.8. The number of nitro benzene ring substituents is 1. The molecular weight excluding hydrogens is 284 g/mol. The van der Waals surface area contributed by atoms with Gasteiger partial charge in [0.1, 0.15) is 5.56 Å². The quantitative estimate of drug-likeness (QED) is 0.488. The van der Waals surface area contributed by atoms with Gasteiger partial charge >= 0.3 is 0 Å². The molecule has 0 aliphatic carbocycles. The van der Waals surface area contributed by atoms with E-state index in [0.29, 0.717) is 6.54 Å². The molecule has 1 heterocycles. The second-order valence-corrected chi connectivity index (χ2v) is 12.0. The van der Waals surface area contributed by atoms with Crippen LogP contribution in [-0.4, -0.2) is 36.0 Å². The molecule has 114 valence electrons. The molecule has 21 heavy (non-hydrogen) atoms. The van der Waals surface area contributed by atoms with E-state index in [4.69, 9.17) is 0 Å². The van der Waals surface area contributed by atoms with E-state index in [-0.39, 0.29) is 22.8 Å². The Morgan fingerprint density at radius 2 is 1.95 bits per heavy atom. The van der Waals surface area contributed by atoms with Crippen LogP contribution >= 0.6 is 0 Å². The van der Waals surface area contributed by atoms with Crippen LogP contribution < -0.4 is 0 Å². The molecular formula is C15H22N2O3Si. The predicted molar refractivity (Wildman–Crippen MR) is 85.1 cm³/mol. The fourth-order valence-corrected chi connectivity index (χ4v) is 5.30. The lowest BCUT2D eigenvalue weighted by atomic mass is 10.1. The maximum atomic E-state index is 12.8. The number of hydrogen-bond donors (Lipinski definition) is 0. The molecule has 2 rings (SSSR count). The number of likely N-dealkylation sites (tertiary alicyclic amines) is 1.